The topological polar surface area (TPSA) is 50.4 Å². The van der Waals surface area contributed by atoms with E-state index in [9.17, 15) is 4.79 Å². The minimum absolute atomic E-state index is 0.0398. The molecule has 0 aromatic heterocycles. The summed E-state index contributed by atoms with van der Waals surface area (Å²) in [5.41, 5.74) is 0. The van der Waals surface area contributed by atoms with Gasteiger partial charge in [-0.3, -0.25) is 4.79 Å². The molecule has 0 spiro atoms. The van der Waals surface area contributed by atoms with Crippen LogP contribution in [0.5, 0.6) is 0 Å². The summed E-state index contributed by atoms with van der Waals surface area (Å²) in [6.07, 6.45) is 2.10. The number of carbonyl (C=O) groups is 1. The Morgan fingerprint density at radius 3 is 2.64 bits per heavy atom. The molecule has 0 saturated heterocycles. The molecule has 0 aromatic carbocycles. The van der Waals surface area contributed by atoms with Crippen molar-refractivity contribution in [1.82, 2.24) is 10.6 Å². The highest BCUT2D eigenvalue weighted by Crippen LogP contribution is 2.30. The highest BCUT2D eigenvalue weighted by Gasteiger charge is 2.31. The predicted molar refractivity (Wildman–Crippen MR) is 55.1 cm³/mol. The second-order valence-electron chi connectivity index (χ2n) is 3.91. The van der Waals surface area contributed by atoms with Crippen molar-refractivity contribution in [3.05, 3.63) is 0 Å². The Labute approximate surface area is 85.4 Å². The van der Waals surface area contributed by atoms with Gasteiger partial charge in [-0.05, 0) is 39.3 Å². The Kier molecular flexibility index (Phi) is 4.35. The first-order valence-electron chi connectivity index (χ1n) is 5.19. The van der Waals surface area contributed by atoms with Crippen LogP contribution in [0.15, 0.2) is 0 Å². The zero-order valence-corrected chi connectivity index (χ0v) is 9.17. The lowest BCUT2D eigenvalue weighted by molar-refractivity contribution is -0.140. The number of rotatable bonds is 5. The zero-order valence-electron chi connectivity index (χ0n) is 9.17. The smallest absolute Gasteiger partial charge is 0.248 e. The molecule has 4 heteroatoms. The number of carbonyl (C=O) groups excluding carboxylic acids is 1. The summed E-state index contributed by atoms with van der Waals surface area (Å²) in [6, 6.07) is 0. The van der Waals surface area contributed by atoms with Crippen LogP contribution in [0.3, 0.4) is 0 Å². The zero-order chi connectivity index (χ0) is 10.6. The second kappa shape index (κ2) is 5.32. The van der Waals surface area contributed by atoms with Gasteiger partial charge in [0.2, 0.25) is 5.91 Å². The number of ether oxygens (including phenoxy) is 1. The van der Waals surface area contributed by atoms with Gasteiger partial charge in [-0.25, -0.2) is 0 Å². The van der Waals surface area contributed by atoms with Crippen LogP contribution >= 0.6 is 0 Å². The van der Waals surface area contributed by atoms with Crippen molar-refractivity contribution < 1.29 is 9.53 Å². The second-order valence-corrected chi connectivity index (χ2v) is 3.91. The van der Waals surface area contributed by atoms with Crippen molar-refractivity contribution in [2.45, 2.75) is 32.0 Å². The molecule has 1 atom stereocenters. The van der Waals surface area contributed by atoms with Crippen molar-refractivity contribution >= 4 is 5.91 Å². The van der Waals surface area contributed by atoms with Crippen LogP contribution in [0.1, 0.15) is 19.8 Å². The van der Waals surface area contributed by atoms with E-state index in [-0.39, 0.29) is 18.1 Å². The van der Waals surface area contributed by atoms with Gasteiger partial charge >= 0.3 is 0 Å². The molecule has 0 heterocycles. The van der Waals surface area contributed by atoms with Gasteiger partial charge in [-0.15, -0.1) is 0 Å². The van der Waals surface area contributed by atoms with Crippen LogP contribution < -0.4 is 10.6 Å². The molecule has 2 N–H and O–H groups in total. The molecule has 1 unspecified atom stereocenters. The molecule has 1 aliphatic rings. The molecule has 14 heavy (non-hydrogen) atoms. The summed E-state index contributed by atoms with van der Waals surface area (Å²) in [5.74, 6) is 0.684. The molecule has 1 aliphatic carbocycles. The van der Waals surface area contributed by atoms with Gasteiger partial charge < -0.3 is 15.4 Å². The number of hydrogen-bond donors (Lipinski definition) is 2. The number of likely N-dealkylation sites (N-methyl/N-ethyl adjacent to an activating group) is 1. The van der Waals surface area contributed by atoms with Crippen LogP contribution in [-0.4, -0.2) is 38.8 Å². The Morgan fingerprint density at radius 2 is 2.14 bits per heavy atom. The van der Waals surface area contributed by atoms with Crippen molar-refractivity contribution in [1.29, 1.82) is 0 Å². The lowest BCUT2D eigenvalue weighted by Gasteiger charge is -2.36. The molecule has 82 valence electrons. The average Bonchev–Trinajstić information content (AvgIpc) is 2.13. The number of amides is 1. The lowest BCUT2D eigenvalue weighted by Crippen LogP contribution is -2.42. The van der Waals surface area contributed by atoms with E-state index >= 15 is 0 Å². The standard InChI is InChI=1S/C10H20N2O2/c1-7(10(13)12-3)14-9-4-8(5-9)6-11-2/h7-9,11H,4-6H2,1-3H3,(H,12,13). The Morgan fingerprint density at radius 1 is 1.50 bits per heavy atom. The Bertz CT molecular complexity index is 191. The first-order chi connectivity index (χ1) is 6.67. The van der Waals surface area contributed by atoms with Crippen LogP contribution in [-0.2, 0) is 9.53 Å². The summed E-state index contributed by atoms with van der Waals surface area (Å²) in [4.78, 5) is 11.1. The van der Waals surface area contributed by atoms with E-state index in [4.69, 9.17) is 4.74 Å². The Hall–Kier alpha value is -0.610. The minimum atomic E-state index is -0.319. The fourth-order valence-corrected chi connectivity index (χ4v) is 1.79. The molecular formula is C10H20N2O2. The maximum Gasteiger partial charge on any atom is 0.248 e. The van der Waals surface area contributed by atoms with E-state index in [0.29, 0.717) is 0 Å². The minimum Gasteiger partial charge on any atom is -0.365 e. The van der Waals surface area contributed by atoms with Gasteiger partial charge in [-0.1, -0.05) is 0 Å². The number of nitrogens with one attached hydrogen (secondary N) is 2. The summed E-state index contributed by atoms with van der Waals surface area (Å²) >= 11 is 0. The summed E-state index contributed by atoms with van der Waals surface area (Å²) < 4.78 is 5.58. The van der Waals surface area contributed by atoms with Gasteiger partial charge in [0.1, 0.15) is 6.10 Å². The highest BCUT2D eigenvalue weighted by atomic mass is 16.5. The molecule has 1 saturated carbocycles. The molecule has 1 fully saturated rings. The molecule has 1 amide bonds. The van der Waals surface area contributed by atoms with Crippen LogP contribution in [0.4, 0.5) is 0 Å². The highest BCUT2D eigenvalue weighted by molar-refractivity contribution is 5.79. The van der Waals surface area contributed by atoms with Crippen molar-refractivity contribution in [2.75, 3.05) is 20.6 Å². The van der Waals surface area contributed by atoms with Crippen LogP contribution in [0.25, 0.3) is 0 Å². The quantitative estimate of drug-likeness (QED) is 0.663. The van der Waals surface area contributed by atoms with Crippen molar-refractivity contribution in [3.8, 4) is 0 Å². The maximum atomic E-state index is 11.1. The summed E-state index contributed by atoms with van der Waals surface area (Å²) in [6.45, 7) is 2.85. The van der Waals surface area contributed by atoms with Gasteiger partial charge in [0.05, 0.1) is 6.10 Å². The SMILES string of the molecule is CNCC1CC(OC(C)C(=O)NC)C1. The van der Waals surface area contributed by atoms with Gasteiger partial charge in [0.25, 0.3) is 0 Å². The summed E-state index contributed by atoms with van der Waals surface area (Å²) in [7, 11) is 3.59. The third-order valence-corrected chi connectivity index (χ3v) is 2.70. The monoisotopic (exact) mass is 200 g/mol. The lowest BCUT2D eigenvalue weighted by atomic mass is 9.82. The molecular weight excluding hydrogens is 180 g/mol. The fraction of sp³-hybridized carbons (Fsp3) is 0.900. The molecule has 0 aromatic rings. The first kappa shape index (κ1) is 11.5. The van der Waals surface area contributed by atoms with Crippen molar-refractivity contribution in [3.63, 3.8) is 0 Å². The fourth-order valence-electron chi connectivity index (χ4n) is 1.79. The van der Waals surface area contributed by atoms with Crippen molar-refractivity contribution in [2.24, 2.45) is 5.92 Å². The summed E-state index contributed by atoms with van der Waals surface area (Å²) in [5, 5.41) is 5.72. The number of hydrogen-bond acceptors (Lipinski definition) is 3. The molecule has 0 bridgehead atoms. The normalized spacial score (nSPS) is 27.9. The molecule has 4 nitrogen and oxygen atoms in total. The van der Waals surface area contributed by atoms with E-state index in [0.717, 1.165) is 25.3 Å². The van der Waals surface area contributed by atoms with E-state index in [2.05, 4.69) is 10.6 Å². The van der Waals surface area contributed by atoms with Crippen LogP contribution in [0.2, 0.25) is 0 Å². The third kappa shape index (κ3) is 2.96. The van der Waals surface area contributed by atoms with E-state index in [1.54, 1.807) is 14.0 Å². The van der Waals surface area contributed by atoms with Gasteiger partial charge in [-0.2, -0.15) is 0 Å². The molecule has 1 rings (SSSR count). The largest absolute Gasteiger partial charge is 0.365 e. The first-order valence-corrected chi connectivity index (χ1v) is 5.19. The average molecular weight is 200 g/mol. The predicted octanol–water partition coefficient (Wildman–Crippen LogP) is 0.136. The van der Waals surface area contributed by atoms with E-state index in [1.165, 1.54) is 0 Å². The Balaban J connectivity index is 2.13. The van der Waals surface area contributed by atoms with Crippen LogP contribution in [0, 0.1) is 5.92 Å². The molecule has 0 radical (unpaired) electrons. The van der Waals surface area contributed by atoms with E-state index in [1.807, 2.05) is 7.05 Å². The van der Waals surface area contributed by atoms with Gasteiger partial charge in [0.15, 0.2) is 0 Å². The third-order valence-electron chi connectivity index (χ3n) is 2.70. The van der Waals surface area contributed by atoms with Gasteiger partial charge in [0, 0.05) is 7.05 Å². The molecule has 0 aliphatic heterocycles. The maximum absolute atomic E-state index is 11.1. The van der Waals surface area contributed by atoms with E-state index < -0.39 is 0 Å².